The summed E-state index contributed by atoms with van der Waals surface area (Å²) in [4.78, 5) is 4.10. The fourth-order valence-electron chi connectivity index (χ4n) is 0.981. The highest BCUT2D eigenvalue weighted by Crippen LogP contribution is 1.92. The van der Waals surface area contributed by atoms with E-state index in [4.69, 9.17) is 18.1 Å². The summed E-state index contributed by atoms with van der Waals surface area (Å²) in [6.07, 6.45) is 3.70. The maximum Gasteiger partial charge on any atom is 0.180 e. The zero-order chi connectivity index (χ0) is 9.68. The van der Waals surface area contributed by atoms with Gasteiger partial charge in [-0.2, -0.15) is 0 Å². The van der Waals surface area contributed by atoms with Crippen LogP contribution in [0.2, 0.25) is 0 Å². The molecule has 0 atom stereocenters. The molecule has 0 bridgehead atoms. The fourth-order valence-corrected chi connectivity index (χ4v) is 1.08. The number of aromatic nitrogens is 2. The second kappa shape index (κ2) is 4.78. The molecule has 1 rings (SSSR count). The second-order valence-corrected chi connectivity index (χ2v) is 2.98. The Morgan fingerprint density at radius 1 is 1.77 bits per heavy atom. The SMILES string of the molecule is Cc1nccn1CCNC(=S)NN. The summed E-state index contributed by atoms with van der Waals surface area (Å²) in [7, 11) is 0. The van der Waals surface area contributed by atoms with Crippen LogP contribution in [0.4, 0.5) is 0 Å². The number of aryl methyl sites for hydroxylation is 1. The van der Waals surface area contributed by atoms with Crippen molar-refractivity contribution >= 4 is 17.3 Å². The van der Waals surface area contributed by atoms with Gasteiger partial charge in [0.2, 0.25) is 0 Å². The number of nitrogens with zero attached hydrogens (tertiary/aromatic N) is 2. The minimum Gasteiger partial charge on any atom is -0.360 e. The smallest absolute Gasteiger partial charge is 0.180 e. The highest BCUT2D eigenvalue weighted by molar-refractivity contribution is 7.80. The summed E-state index contributed by atoms with van der Waals surface area (Å²) in [5.74, 6) is 6.08. The van der Waals surface area contributed by atoms with E-state index in [1.807, 2.05) is 17.7 Å². The average molecular weight is 199 g/mol. The Labute approximate surface area is 82.3 Å². The van der Waals surface area contributed by atoms with Gasteiger partial charge in [-0.05, 0) is 19.1 Å². The third-order valence-corrected chi connectivity index (χ3v) is 1.96. The largest absolute Gasteiger partial charge is 0.360 e. The zero-order valence-electron chi connectivity index (χ0n) is 7.45. The standard InChI is InChI=1S/C7H13N5S/c1-6-9-2-4-12(6)5-3-10-7(13)11-8/h2,4H,3,5,8H2,1H3,(H2,10,11,13). The predicted molar refractivity (Wildman–Crippen MR) is 54.9 cm³/mol. The fraction of sp³-hybridized carbons (Fsp3) is 0.429. The highest BCUT2D eigenvalue weighted by Gasteiger charge is 1.96. The number of rotatable bonds is 3. The Kier molecular flexibility index (Phi) is 3.66. The molecule has 5 nitrogen and oxygen atoms in total. The molecular weight excluding hydrogens is 186 g/mol. The average Bonchev–Trinajstić information content (AvgIpc) is 2.52. The van der Waals surface area contributed by atoms with Crippen LogP contribution in [0, 0.1) is 6.92 Å². The molecule has 0 aromatic carbocycles. The number of hydrogen-bond acceptors (Lipinski definition) is 3. The maximum atomic E-state index is 5.09. The Balaban J connectivity index is 2.28. The van der Waals surface area contributed by atoms with E-state index in [-0.39, 0.29) is 0 Å². The first-order valence-electron chi connectivity index (χ1n) is 3.96. The molecule has 1 heterocycles. The second-order valence-electron chi connectivity index (χ2n) is 2.57. The molecule has 1 aromatic heterocycles. The highest BCUT2D eigenvalue weighted by atomic mass is 32.1. The lowest BCUT2D eigenvalue weighted by molar-refractivity contribution is 0.651. The van der Waals surface area contributed by atoms with E-state index in [1.54, 1.807) is 6.20 Å². The van der Waals surface area contributed by atoms with Gasteiger partial charge in [0.05, 0.1) is 0 Å². The summed E-state index contributed by atoms with van der Waals surface area (Å²) in [5, 5.41) is 3.40. The molecule has 1 aromatic rings. The van der Waals surface area contributed by atoms with Crippen LogP contribution < -0.4 is 16.6 Å². The molecule has 0 saturated carbocycles. The maximum absolute atomic E-state index is 5.09. The predicted octanol–water partition coefficient (Wildman–Crippen LogP) is -0.471. The number of thiocarbonyl (C=S) groups is 1. The third-order valence-electron chi connectivity index (χ3n) is 1.69. The van der Waals surface area contributed by atoms with Crippen LogP contribution >= 0.6 is 12.2 Å². The topological polar surface area (TPSA) is 67.9 Å². The van der Waals surface area contributed by atoms with Crippen LogP contribution in [0.1, 0.15) is 5.82 Å². The van der Waals surface area contributed by atoms with E-state index in [0.29, 0.717) is 5.11 Å². The van der Waals surface area contributed by atoms with Gasteiger partial charge < -0.3 is 15.3 Å². The van der Waals surface area contributed by atoms with Crippen molar-refractivity contribution in [2.24, 2.45) is 5.84 Å². The normalized spacial score (nSPS) is 9.69. The van der Waals surface area contributed by atoms with Crippen molar-refractivity contribution in [3.05, 3.63) is 18.2 Å². The van der Waals surface area contributed by atoms with E-state index < -0.39 is 0 Å². The lowest BCUT2D eigenvalue weighted by atomic mass is 10.5. The van der Waals surface area contributed by atoms with Gasteiger partial charge in [-0.15, -0.1) is 0 Å². The Bertz CT molecular complexity index is 282. The van der Waals surface area contributed by atoms with Crippen molar-refractivity contribution in [1.29, 1.82) is 0 Å². The van der Waals surface area contributed by atoms with Crippen LogP contribution in [0.25, 0.3) is 0 Å². The lowest BCUT2D eigenvalue weighted by Gasteiger charge is -2.07. The first kappa shape index (κ1) is 9.94. The Morgan fingerprint density at radius 2 is 2.54 bits per heavy atom. The van der Waals surface area contributed by atoms with Gasteiger partial charge in [0.25, 0.3) is 0 Å². The van der Waals surface area contributed by atoms with Gasteiger partial charge in [-0.1, -0.05) is 0 Å². The Morgan fingerprint density at radius 3 is 3.08 bits per heavy atom. The molecule has 72 valence electrons. The monoisotopic (exact) mass is 199 g/mol. The molecular formula is C7H13N5S. The van der Waals surface area contributed by atoms with Crippen molar-refractivity contribution < 1.29 is 0 Å². The van der Waals surface area contributed by atoms with Gasteiger partial charge in [-0.3, -0.25) is 0 Å². The summed E-state index contributed by atoms with van der Waals surface area (Å²) in [6, 6.07) is 0. The van der Waals surface area contributed by atoms with Gasteiger partial charge >= 0.3 is 0 Å². The first-order valence-corrected chi connectivity index (χ1v) is 4.37. The number of hydrazine groups is 1. The third kappa shape index (κ3) is 3.00. The number of nitrogens with one attached hydrogen (secondary N) is 2. The van der Waals surface area contributed by atoms with Crippen LogP contribution in [0.5, 0.6) is 0 Å². The molecule has 4 N–H and O–H groups in total. The van der Waals surface area contributed by atoms with Crippen LogP contribution in [0.15, 0.2) is 12.4 Å². The van der Waals surface area contributed by atoms with E-state index in [1.165, 1.54) is 0 Å². The molecule has 0 amide bonds. The minimum absolute atomic E-state index is 0.456. The van der Waals surface area contributed by atoms with Gasteiger partial charge in [0.1, 0.15) is 5.82 Å². The molecule has 13 heavy (non-hydrogen) atoms. The molecule has 0 aliphatic heterocycles. The molecule has 0 unspecified atom stereocenters. The van der Waals surface area contributed by atoms with E-state index in [9.17, 15) is 0 Å². The molecule has 6 heteroatoms. The van der Waals surface area contributed by atoms with E-state index in [0.717, 1.165) is 18.9 Å². The van der Waals surface area contributed by atoms with E-state index in [2.05, 4.69) is 15.7 Å². The van der Waals surface area contributed by atoms with Gasteiger partial charge in [0.15, 0.2) is 5.11 Å². The minimum atomic E-state index is 0.456. The van der Waals surface area contributed by atoms with Crippen molar-refractivity contribution in [2.45, 2.75) is 13.5 Å². The van der Waals surface area contributed by atoms with Crippen molar-refractivity contribution in [3.8, 4) is 0 Å². The zero-order valence-corrected chi connectivity index (χ0v) is 8.27. The molecule has 0 spiro atoms. The van der Waals surface area contributed by atoms with Gasteiger partial charge in [-0.25, -0.2) is 10.8 Å². The molecule has 0 aliphatic rings. The summed E-state index contributed by atoms with van der Waals surface area (Å²) >= 11 is 4.81. The van der Waals surface area contributed by atoms with Crippen molar-refractivity contribution in [2.75, 3.05) is 6.54 Å². The van der Waals surface area contributed by atoms with Crippen LogP contribution in [0.3, 0.4) is 0 Å². The van der Waals surface area contributed by atoms with Gasteiger partial charge in [0, 0.05) is 25.5 Å². The summed E-state index contributed by atoms with van der Waals surface area (Å²) in [6.45, 7) is 3.52. The number of imidazole rings is 1. The summed E-state index contributed by atoms with van der Waals surface area (Å²) < 4.78 is 2.03. The molecule has 0 aliphatic carbocycles. The molecule has 0 saturated heterocycles. The lowest BCUT2D eigenvalue weighted by Crippen LogP contribution is -2.40. The van der Waals surface area contributed by atoms with Crippen molar-refractivity contribution in [3.63, 3.8) is 0 Å². The van der Waals surface area contributed by atoms with Crippen LogP contribution in [-0.2, 0) is 6.54 Å². The molecule has 0 radical (unpaired) electrons. The van der Waals surface area contributed by atoms with Crippen LogP contribution in [-0.4, -0.2) is 21.2 Å². The van der Waals surface area contributed by atoms with Crippen molar-refractivity contribution in [1.82, 2.24) is 20.3 Å². The Hall–Kier alpha value is -1.14. The first-order chi connectivity index (χ1) is 6.24. The number of nitrogens with two attached hydrogens (primary N) is 1. The van der Waals surface area contributed by atoms with E-state index >= 15 is 0 Å². The quantitative estimate of drug-likeness (QED) is 0.349. The molecule has 0 fully saturated rings. The summed E-state index contributed by atoms with van der Waals surface area (Å²) in [5.41, 5.74) is 2.36. The number of hydrogen-bond donors (Lipinski definition) is 3.